The first-order chi connectivity index (χ1) is 5.63. The number of nitro groups is 1. The number of aromatic nitrogens is 1. The van der Waals surface area contributed by atoms with E-state index in [0.29, 0.717) is 0 Å². The fourth-order valence-corrected chi connectivity index (χ4v) is 0.740. The number of hydrogen-bond donors (Lipinski definition) is 1. The first-order valence-corrected chi connectivity index (χ1v) is 3.01. The second-order valence-electron chi connectivity index (χ2n) is 2.01. The second kappa shape index (κ2) is 2.95. The van der Waals surface area contributed by atoms with Crippen LogP contribution >= 0.6 is 0 Å². The highest BCUT2D eigenvalue weighted by Gasteiger charge is 2.16. The van der Waals surface area contributed by atoms with Crippen molar-refractivity contribution >= 4 is 11.6 Å². The number of hydrogen-bond acceptors (Lipinski definition) is 4. The maximum Gasteiger partial charge on any atom is 0.300 e. The average molecular weight is 167 g/mol. The predicted molar refractivity (Wildman–Crippen MR) is 39.4 cm³/mol. The van der Waals surface area contributed by atoms with E-state index in [1.165, 1.54) is 12.3 Å². The van der Waals surface area contributed by atoms with Crippen LogP contribution in [0.4, 0.5) is 5.69 Å². The van der Waals surface area contributed by atoms with Crippen LogP contribution in [0.3, 0.4) is 0 Å². The fraction of sp³-hybridized carbons (Fsp3) is 0. The Balaban J connectivity index is 3.27. The van der Waals surface area contributed by atoms with E-state index in [1.54, 1.807) is 0 Å². The van der Waals surface area contributed by atoms with Gasteiger partial charge >= 0.3 is 0 Å². The smallest absolute Gasteiger partial charge is 0.300 e. The molecular formula is C6H5N3O3. The Morgan fingerprint density at radius 3 is 2.75 bits per heavy atom. The van der Waals surface area contributed by atoms with Crippen LogP contribution in [0.5, 0.6) is 0 Å². The summed E-state index contributed by atoms with van der Waals surface area (Å²) in [7, 11) is 0. The molecule has 0 aromatic carbocycles. The van der Waals surface area contributed by atoms with Gasteiger partial charge in [-0.3, -0.25) is 19.9 Å². The van der Waals surface area contributed by atoms with Gasteiger partial charge in [-0.2, -0.15) is 0 Å². The summed E-state index contributed by atoms with van der Waals surface area (Å²) in [5.74, 6) is -0.830. The molecule has 0 atom stereocenters. The number of nitrogens with zero attached hydrogens (tertiary/aromatic N) is 2. The molecule has 1 amide bonds. The first-order valence-electron chi connectivity index (χ1n) is 3.01. The van der Waals surface area contributed by atoms with Gasteiger partial charge in [0.05, 0.1) is 4.92 Å². The van der Waals surface area contributed by atoms with E-state index in [4.69, 9.17) is 5.73 Å². The molecule has 0 spiro atoms. The maximum atomic E-state index is 10.6. The minimum atomic E-state index is -0.830. The Morgan fingerprint density at radius 2 is 2.33 bits per heavy atom. The summed E-state index contributed by atoms with van der Waals surface area (Å²) in [6.45, 7) is 0. The SMILES string of the molecule is NC(=O)c1ccncc1[N+](=O)[O-]. The summed E-state index contributed by atoms with van der Waals surface area (Å²) in [6.07, 6.45) is 2.26. The van der Waals surface area contributed by atoms with E-state index in [2.05, 4.69) is 4.98 Å². The molecule has 6 nitrogen and oxygen atoms in total. The lowest BCUT2D eigenvalue weighted by Crippen LogP contribution is -2.13. The Kier molecular flexibility index (Phi) is 2.00. The van der Waals surface area contributed by atoms with Gasteiger partial charge in [0.1, 0.15) is 11.8 Å². The lowest BCUT2D eigenvalue weighted by Gasteiger charge is -1.95. The van der Waals surface area contributed by atoms with Gasteiger partial charge in [-0.25, -0.2) is 0 Å². The Morgan fingerprint density at radius 1 is 1.67 bits per heavy atom. The van der Waals surface area contributed by atoms with Gasteiger partial charge in [-0.05, 0) is 6.07 Å². The summed E-state index contributed by atoms with van der Waals surface area (Å²) in [5, 5.41) is 10.3. The summed E-state index contributed by atoms with van der Waals surface area (Å²) < 4.78 is 0. The standard InChI is InChI=1S/C6H5N3O3/c7-6(10)4-1-2-8-3-5(4)9(11)12/h1-3H,(H2,7,10). The van der Waals surface area contributed by atoms with Crippen molar-refractivity contribution in [2.45, 2.75) is 0 Å². The highest BCUT2D eigenvalue weighted by atomic mass is 16.6. The van der Waals surface area contributed by atoms with Crippen LogP contribution in [0, 0.1) is 10.1 Å². The number of carbonyl (C=O) groups is 1. The molecule has 0 saturated heterocycles. The highest BCUT2D eigenvalue weighted by molar-refractivity contribution is 5.96. The molecule has 0 aliphatic heterocycles. The van der Waals surface area contributed by atoms with Gasteiger partial charge in [0, 0.05) is 6.20 Å². The fourth-order valence-electron chi connectivity index (χ4n) is 0.740. The van der Waals surface area contributed by atoms with Crippen molar-refractivity contribution < 1.29 is 9.72 Å². The van der Waals surface area contributed by atoms with Crippen LogP contribution in [-0.4, -0.2) is 15.8 Å². The van der Waals surface area contributed by atoms with E-state index in [0.717, 1.165) is 6.20 Å². The number of amides is 1. The molecule has 1 aromatic heterocycles. The van der Waals surface area contributed by atoms with E-state index in [-0.39, 0.29) is 11.3 Å². The van der Waals surface area contributed by atoms with Crippen molar-refractivity contribution in [3.63, 3.8) is 0 Å². The van der Waals surface area contributed by atoms with E-state index in [9.17, 15) is 14.9 Å². The molecule has 0 aliphatic rings. The summed E-state index contributed by atoms with van der Waals surface area (Å²) in [6, 6.07) is 1.21. The number of primary amides is 1. The minimum absolute atomic E-state index is 0.130. The summed E-state index contributed by atoms with van der Waals surface area (Å²) >= 11 is 0. The summed E-state index contributed by atoms with van der Waals surface area (Å²) in [4.78, 5) is 23.7. The first kappa shape index (κ1) is 8.12. The van der Waals surface area contributed by atoms with Crippen molar-refractivity contribution in [2.75, 3.05) is 0 Å². The molecule has 0 aliphatic carbocycles. The normalized spacial score (nSPS) is 9.33. The zero-order valence-electron chi connectivity index (χ0n) is 5.93. The van der Waals surface area contributed by atoms with Gasteiger partial charge < -0.3 is 5.73 Å². The molecule has 2 N–H and O–H groups in total. The largest absolute Gasteiger partial charge is 0.365 e. The van der Waals surface area contributed by atoms with Crippen LogP contribution in [0.25, 0.3) is 0 Å². The monoisotopic (exact) mass is 167 g/mol. The topological polar surface area (TPSA) is 99.1 Å². The predicted octanol–water partition coefficient (Wildman–Crippen LogP) is 0.0887. The third-order valence-corrected chi connectivity index (χ3v) is 1.26. The molecule has 6 heteroatoms. The third kappa shape index (κ3) is 1.36. The molecule has 1 rings (SSSR count). The number of rotatable bonds is 2. The lowest BCUT2D eigenvalue weighted by atomic mass is 10.2. The quantitative estimate of drug-likeness (QED) is 0.498. The Labute approximate surface area is 67.2 Å². The molecule has 0 saturated carbocycles. The Hall–Kier alpha value is -1.98. The van der Waals surface area contributed by atoms with E-state index >= 15 is 0 Å². The number of pyridine rings is 1. The number of carbonyl (C=O) groups excluding carboxylic acids is 1. The molecule has 1 aromatic rings. The molecule has 0 fully saturated rings. The van der Waals surface area contributed by atoms with Crippen LogP contribution in [-0.2, 0) is 0 Å². The van der Waals surface area contributed by atoms with Crippen LogP contribution in [0.2, 0.25) is 0 Å². The molecule has 1 heterocycles. The van der Waals surface area contributed by atoms with Crippen LogP contribution in [0.15, 0.2) is 18.5 Å². The highest BCUT2D eigenvalue weighted by Crippen LogP contribution is 2.14. The third-order valence-electron chi connectivity index (χ3n) is 1.26. The Bertz CT molecular complexity index is 304. The molecule has 0 radical (unpaired) electrons. The van der Waals surface area contributed by atoms with Gasteiger partial charge in [0.2, 0.25) is 0 Å². The maximum absolute atomic E-state index is 10.6. The second-order valence-corrected chi connectivity index (χ2v) is 2.01. The lowest BCUT2D eigenvalue weighted by molar-refractivity contribution is -0.385. The molecule has 62 valence electrons. The van der Waals surface area contributed by atoms with Crippen molar-refractivity contribution in [1.82, 2.24) is 4.98 Å². The van der Waals surface area contributed by atoms with Gasteiger partial charge in [-0.1, -0.05) is 0 Å². The van der Waals surface area contributed by atoms with E-state index < -0.39 is 10.8 Å². The van der Waals surface area contributed by atoms with Gasteiger partial charge in [0.15, 0.2) is 0 Å². The van der Waals surface area contributed by atoms with Crippen molar-refractivity contribution in [3.8, 4) is 0 Å². The van der Waals surface area contributed by atoms with E-state index in [1.807, 2.05) is 0 Å². The van der Waals surface area contributed by atoms with Gasteiger partial charge in [-0.15, -0.1) is 0 Å². The zero-order valence-corrected chi connectivity index (χ0v) is 5.93. The van der Waals surface area contributed by atoms with Crippen molar-refractivity contribution in [2.24, 2.45) is 5.73 Å². The minimum Gasteiger partial charge on any atom is -0.365 e. The zero-order chi connectivity index (χ0) is 9.14. The van der Waals surface area contributed by atoms with Crippen molar-refractivity contribution in [1.29, 1.82) is 0 Å². The molecule has 12 heavy (non-hydrogen) atoms. The molecule has 0 bridgehead atoms. The molecular weight excluding hydrogens is 162 g/mol. The van der Waals surface area contributed by atoms with Gasteiger partial charge in [0.25, 0.3) is 11.6 Å². The average Bonchev–Trinajstić information content (AvgIpc) is 2.04. The van der Waals surface area contributed by atoms with Crippen LogP contribution in [0.1, 0.15) is 10.4 Å². The van der Waals surface area contributed by atoms with Crippen LogP contribution < -0.4 is 5.73 Å². The number of nitrogens with two attached hydrogens (primary N) is 1. The molecule has 0 unspecified atom stereocenters. The van der Waals surface area contributed by atoms with Crippen molar-refractivity contribution in [3.05, 3.63) is 34.1 Å². The summed E-state index contributed by atoms with van der Waals surface area (Å²) in [5.41, 5.74) is 4.38.